The molecule has 0 aliphatic heterocycles. The fraction of sp³-hybridized carbons (Fsp3) is 0. The van der Waals surface area contributed by atoms with E-state index in [1.54, 1.807) is 11.3 Å². The van der Waals surface area contributed by atoms with Gasteiger partial charge in [-0.25, -0.2) is 0 Å². The third kappa shape index (κ3) is 4.38. The van der Waals surface area contributed by atoms with Crippen molar-refractivity contribution in [2.75, 3.05) is 4.90 Å². The van der Waals surface area contributed by atoms with Crippen molar-refractivity contribution < 1.29 is 0 Å². The van der Waals surface area contributed by atoms with Crippen LogP contribution in [0.15, 0.2) is 146 Å². The van der Waals surface area contributed by atoms with Crippen LogP contribution in [0, 0.1) is 0 Å². The Balaban J connectivity index is 1.50. The normalized spacial score (nSPS) is 11.2. The summed E-state index contributed by atoms with van der Waals surface area (Å²) < 4.78 is 2.34. The maximum absolute atomic E-state index is 6.80. The van der Waals surface area contributed by atoms with Gasteiger partial charge in [-0.15, -0.1) is 11.3 Å². The zero-order valence-electron chi connectivity index (χ0n) is 21.1. The van der Waals surface area contributed by atoms with Crippen LogP contribution < -0.4 is 4.90 Å². The minimum absolute atomic E-state index is 0.783. The smallest absolute Gasteiger partial charge is 0.0586 e. The number of halogens is 1. The average molecular weight is 538 g/mol. The van der Waals surface area contributed by atoms with Gasteiger partial charge in [0.2, 0.25) is 0 Å². The van der Waals surface area contributed by atoms with Crippen molar-refractivity contribution in [2.45, 2.75) is 0 Å². The molecule has 0 saturated carbocycles. The van der Waals surface area contributed by atoms with Gasteiger partial charge in [0.25, 0.3) is 0 Å². The summed E-state index contributed by atoms with van der Waals surface area (Å²) in [6.45, 7) is 0. The van der Waals surface area contributed by atoms with Crippen LogP contribution in [0.25, 0.3) is 42.4 Å². The third-order valence-corrected chi connectivity index (χ3v) is 8.75. The van der Waals surface area contributed by atoms with E-state index in [1.807, 2.05) is 6.07 Å². The van der Waals surface area contributed by atoms with Crippen LogP contribution in [0.3, 0.4) is 0 Å². The molecule has 0 aliphatic rings. The Hall–Kier alpha value is -4.37. The largest absolute Gasteiger partial charge is 0.310 e. The SMILES string of the molecule is Clc1ccc(N(c2cccc(-c3ccccc3)c2)c2cccc(-c3ccccc3)c2)c2c1sc1ccccc12. The summed E-state index contributed by atoms with van der Waals surface area (Å²) >= 11 is 8.55. The molecular weight excluding hydrogens is 514 g/mol. The number of fused-ring (bicyclic) bond motifs is 3. The van der Waals surface area contributed by atoms with Crippen LogP contribution in [0.1, 0.15) is 0 Å². The van der Waals surface area contributed by atoms with Crippen LogP contribution >= 0.6 is 22.9 Å². The second kappa shape index (κ2) is 10.1. The van der Waals surface area contributed by atoms with Crippen molar-refractivity contribution >= 4 is 60.2 Å². The highest BCUT2D eigenvalue weighted by molar-refractivity contribution is 7.26. The summed E-state index contributed by atoms with van der Waals surface area (Å²) in [5, 5.41) is 3.18. The number of nitrogens with zero attached hydrogens (tertiary/aromatic N) is 1. The molecule has 3 heteroatoms. The second-order valence-electron chi connectivity index (χ2n) is 9.54. The molecule has 0 spiro atoms. The van der Waals surface area contributed by atoms with Crippen molar-refractivity contribution in [3.8, 4) is 22.3 Å². The first-order valence-corrected chi connectivity index (χ1v) is 14.2. The lowest BCUT2D eigenvalue weighted by Gasteiger charge is -2.27. The molecule has 0 radical (unpaired) electrons. The monoisotopic (exact) mass is 537 g/mol. The van der Waals surface area contributed by atoms with E-state index in [0.29, 0.717) is 0 Å². The van der Waals surface area contributed by atoms with Crippen molar-refractivity contribution in [3.63, 3.8) is 0 Å². The maximum Gasteiger partial charge on any atom is 0.0586 e. The highest BCUT2D eigenvalue weighted by Crippen LogP contribution is 2.47. The first kappa shape index (κ1) is 23.7. The molecule has 0 fully saturated rings. The van der Waals surface area contributed by atoms with Gasteiger partial charge in [-0.1, -0.05) is 115 Å². The number of anilines is 3. The van der Waals surface area contributed by atoms with Crippen LogP contribution in [-0.4, -0.2) is 0 Å². The number of benzene rings is 6. The van der Waals surface area contributed by atoms with Crippen LogP contribution in [0.5, 0.6) is 0 Å². The number of thiophene rings is 1. The van der Waals surface area contributed by atoms with E-state index in [-0.39, 0.29) is 0 Å². The summed E-state index contributed by atoms with van der Waals surface area (Å²) in [5.41, 5.74) is 8.05. The lowest BCUT2D eigenvalue weighted by molar-refractivity contribution is 1.30. The predicted octanol–water partition coefficient (Wildman–Crippen LogP) is 11.5. The standard InChI is InChI=1S/C36H24ClNS/c37-32-21-22-33(35-31-19-7-8-20-34(31)39-36(32)35)38(29-17-9-15-27(23-29)25-11-3-1-4-12-25)30-18-10-16-28(24-30)26-13-5-2-6-14-26/h1-24H. The Bertz CT molecular complexity index is 1840. The number of rotatable bonds is 5. The van der Waals surface area contributed by atoms with Gasteiger partial charge in [-0.05, 0) is 64.7 Å². The lowest BCUT2D eigenvalue weighted by Crippen LogP contribution is -2.10. The molecule has 7 aromatic rings. The van der Waals surface area contributed by atoms with E-state index in [2.05, 4.69) is 144 Å². The zero-order valence-corrected chi connectivity index (χ0v) is 22.7. The molecule has 0 saturated heterocycles. The fourth-order valence-corrected chi connectivity index (χ4v) is 6.70. The van der Waals surface area contributed by atoms with Gasteiger partial charge in [-0.2, -0.15) is 0 Å². The zero-order chi connectivity index (χ0) is 26.2. The Kier molecular flexibility index (Phi) is 6.13. The number of hydrogen-bond acceptors (Lipinski definition) is 2. The first-order chi connectivity index (χ1) is 19.3. The van der Waals surface area contributed by atoms with Crippen molar-refractivity contribution in [2.24, 2.45) is 0 Å². The van der Waals surface area contributed by atoms with E-state index in [4.69, 9.17) is 11.6 Å². The minimum Gasteiger partial charge on any atom is -0.310 e. The van der Waals surface area contributed by atoms with E-state index >= 15 is 0 Å². The van der Waals surface area contributed by atoms with Gasteiger partial charge in [0, 0.05) is 26.8 Å². The Labute approximate surface area is 237 Å². The highest BCUT2D eigenvalue weighted by atomic mass is 35.5. The summed E-state index contributed by atoms with van der Waals surface area (Å²) in [6.07, 6.45) is 0. The molecule has 7 rings (SSSR count). The van der Waals surface area contributed by atoms with Gasteiger partial charge in [0.15, 0.2) is 0 Å². The Morgan fingerprint density at radius 1 is 0.487 bits per heavy atom. The molecule has 0 aliphatic carbocycles. The van der Waals surface area contributed by atoms with Crippen molar-refractivity contribution in [1.29, 1.82) is 0 Å². The summed E-state index contributed by atoms with van der Waals surface area (Å²) in [6, 6.07) is 51.4. The molecule has 6 aromatic carbocycles. The van der Waals surface area contributed by atoms with Gasteiger partial charge in [-0.3, -0.25) is 0 Å². The summed E-state index contributed by atoms with van der Waals surface area (Å²) in [5.74, 6) is 0. The molecule has 1 aromatic heterocycles. The Morgan fingerprint density at radius 3 is 1.64 bits per heavy atom. The third-order valence-electron chi connectivity index (χ3n) is 7.12. The van der Waals surface area contributed by atoms with Crippen LogP contribution in [-0.2, 0) is 0 Å². The van der Waals surface area contributed by atoms with Crippen molar-refractivity contribution in [3.05, 3.63) is 151 Å². The van der Waals surface area contributed by atoms with E-state index in [0.717, 1.165) is 26.8 Å². The summed E-state index contributed by atoms with van der Waals surface area (Å²) in [4.78, 5) is 2.37. The van der Waals surface area contributed by atoms with Gasteiger partial charge < -0.3 is 4.90 Å². The predicted molar refractivity (Wildman–Crippen MR) is 170 cm³/mol. The molecule has 0 N–H and O–H groups in total. The molecule has 0 unspecified atom stereocenters. The van der Waals surface area contributed by atoms with Crippen LogP contribution in [0.4, 0.5) is 17.1 Å². The van der Waals surface area contributed by atoms with Crippen molar-refractivity contribution in [1.82, 2.24) is 0 Å². The molecule has 1 nitrogen and oxygen atoms in total. The van der Waals surface area contributed by atoms with Crippen LogP contribution in [0.2, 0.25) is 5.02 Å². The molecule has 186 valence electrons. The molecule has 1 heterocycles. The molecule has 0 bridgehead atoms. The number of hydrogen-bond donors (Lipinski definition) is 0. The first-order valence-electron chi connectivity index (χ1n) is 13.0. The second-order valence-corrected chi connectivity index (χ2v) is 11.0. The van der Waals surface area contributed by atoms with E-state index in [1.165, 1.54) is 37.7 Å². The maximum atomic E-state index is 6.80. The highest BCUT2D eigenvalue weighted by Gasteiger charge is 2.20. The topological polar surface area (TPSA) is 3.24 Å². The minimum atomic E-state index is 0.783. The average Bonchev–Trinajstić information content (AvgIpc) is 3.41. The van der Waals surface area contributed by atoms with E-state index < -0.39 is 0 Å². The van der Waals surface area contributed by atoms with E-state index in [9.17, 15) is 0 Å². The quantitative estimate of drug-likeness (QED) is 0.211. The molecular formula is C36H24ClNS. The molecule has 0 amide bonds. The van der Waals surface area contributed by atoms with Gasteiger partial charge in [0.1, 0.15) is 0 Å². The van der Waals surface area contributed by atoms with Gasteiger partial charge >= 0.3 is 0 Å². The van der Waals surface area contributed by atoms with Gasteiger partial charge in [0.05, 0.1) is 15.4 Å². The molecule has 39 heavy (non-hydrogen) atoms. The Morgan fingerprint density at radius 2 is 1.03 bits per heavy atom. The lowest BCUT2D eigenvalue weighted by atomic mass is 10.0. The summed E-state index contributed by atoms with van der Waals surface area (Å²) in [7, 11) is 0. The molecule has 0 atom stereocenters. The fourth-order valence-electron chi connectivity index (χ4n) is 5.30.